The van der Waals surface area contributed by atoms with Gasteiger partial charge in [0.1, 0.15) is 29.5 Å². The fourth-order valence-corrected chi connectivity index (χ4v) is 5.81. The molecule has 46 heavy (non-hydrogen) atoms. The van der Waals surface area contributed by atoms with E-state index in [4.69, 9.17) is 42.1 Å². The maximum atomic E-state index is 14.5. The maximum Gasteiger partial charge on any atom is 0.410 e. The Balaban J connectivity index is 1.46. The van der Waals surface area contributed by atoms with Crippen LogP contribution in [0.4, 0.5) is 4.79 Å². The molecule has 1 aliphatic heterocycles. The molecule has 0 saturated heterocycles. The number of amides is 2. The van der Waals surface area contributed by atoms with Crippen LogP contribution >= 0.6 is 23.2 Å². The smallest absolute Gasteiger partial charge is 0.410 e. The second kappa shape index (κ2) is 14.3. The van der Waals surface area contributed by atoms with E-state index in [0.717, 1.165) is 35.1 Å². The number of carbonyl (C=O) groups is 2. The molecule has 1 fully saturated rings. The van der Waals surface area contributed by atoms with Gasteiger partial charge in [0.05, 0.1) is 30.8 Å². The van der Waals surface area contributed by atoms with Gasteiger partial charge in [-0.05, 0) is 92.6 Å². The largest absolute Gasteiger partial charge is 0.497 e. The SMILES string of the molecule is COc1cc(COc2cccc(C3=C(C(=O)N(Cc4cccc(Cl)c4Cl)C4CC4)CN(C(=O)OC(C)(C)C)CC3)c2)cc(OC)c1. The number of rotatable bonds is 10. The zero-order chi connectivity index (χ0) is 33.0. The topological polar surface area (TPSA) is 77.5 Å². The van der Waals surface area contributed by atoms with Gasteiger partial charge in [-0.25, -0.2) is 4.79 Å². The lowest BCUT2D eigenvalue weighted by Crippen LogP contribution is -2.44. The summed E-state index contributed by atoms with van der Waals surface area (Å²) < 4.78 is 22.7. The Kier molecular flexibility index (Phi) is 10.4. The van der Waals surface area contributed by atoms with Crippen molar-refractivity contribution in [2.24, 2.45) is 0 Å². The average molecular weight is 668 g/mol. The molecule has 0 aromatic heterocycles. The molecule has 1 saturated carbocycles. The molecular weight excluding hydrogens is 627 g/mol. The predicted octanol–water partition coefficient (Wildman–Crippen LogP) is 8.18. The van der Waals surface area contributed by atoms with Crippen molar-refractivity contribution < 1.29 is 28.5 Å². The van der Waals surface area contributed by atoms with Crippen LogP contribution in [0.1, 0.15) is 56.7 Å². The number of carbonyl (C=O) groups excluding carboxylic acids is 2. The van der Waals surface area contributed by atoms with Gasteiger partial charge in [-0.1, -0.05) is 47.5 Å². The van der Waals surface area contributed by atoms with E-state index in [9.17, 15) is 9.59 Å². The Hall–Kier alpha value is -3.88. The Morgan fingerprint density at radius 3 is 2.28 bits per heavy atom. The van der Waals surface area contributed by atoms with Crippen LogP contribution in [0.3, 0.4) is 0 Å². The molecule has 244 valence electrons. The number of ether oxygens (including phenoxy) is 4. The van der Waals surface area contributed by atoms with Crippen LogP contribution in [-0.4, -0.2) is 60.8 Å². The molecule has 8 nitrogen and oxygen atoms in total. The van der Waals surface area contributed by atoms with Crippen LogP contribution in [0.2, 0.25) is 10.0 Å². The summed E-state index contributed by atoms with van der Waals surface area (Å²) in [6.45, 7) is 6.66. The van der Waals surface area contributed by atoms with Crippen molar-refractivity contribution in [1.29, 1.82) is 0 Å². The average Bonchev–Trinajstić information content (AvgIpc) is 3.88. The third-order valence-electron chi connectivity index (χ3n) is 7.87. The summed E-state index contributed by atoms with van der Waals surface area (Å²) in [4.78, 5) is 31.1. The van der Waals surface area contributed by atoms with Gasteiger partial charge >= 0.3 is 6.09 Å². The van der Waals surface area contributed by atoms with Crippen molar-refractivity contribution >= 4 is 40.8 Å². The molecule has 10 heteroatoms. The molecular formula is C36H40Cl2N2O6. The Labute approximate surface area is 280 Å². The number of methoxy groups -OCH3 is 2. The van der Waals surface area contributed by atoms with Gasteiger partial charge < -0.3 is 28.7 Å². The minimum absolute atomic E-state index is 0.0859. The lowest BCUT2D eigenvalue weighted by atomic mass is 9.92. The quantitative estimate of drug-likeness (QED) is 0.217. The number of nitrogens with zero attached hydrogens (tertiary/aromatic N) is 2. The first-order valence-corrected chi connectivity index (χ1v) is 16.1. The molecule has 0 radical (unpaired) electrons. The molecule has 3 aromatic carbocycles. The van der Waals surface area contributed by atoms with Crippen LogP contribution in [0.15, 0.2) is 66.2 Å². The molecule has 1 heterocycles. The van der Waals surface area contributed by atoms with E-state index in [2.05, 4.69) is 0 Å². The molecule has 0 atom stereocenters. The van der Waals surface area contributed by atoms with Crippen LogP contribution in [0.5, 0.6) is 17.2 Å². The van der Waals surface area contributed by atoms with Gasteiger partial charge in [0.2, 0.25) is 0 Å². The maximum absolute atomic E-state index is 14.5. The van der Waals surface area contributed by atoms with Gasteiger partial charge in [-0.2, -0.15) is 0 Å². The molecule has 2 amide bonds. The molecule has 0 unspecified atom stereocenters. The minimum atomic E-state index is -0.660. The van der Waals surface area contributed by atoms with Gasteiger partial charge in [-0.15, -0.1) is 0 Å². The third-order valence-corrected chi connectivity index (χ3v) is 8.73. The highest BCUT2D eigenvalue weighted by molar-refractivity contribution is 6.42. The normalized spacial score (nSPS) is 15.0. The first-order valence-electron chi connectivity index (χ1n) is 15.3. The molecule has 0 bridgehead atoms. The first kappa shape index (κ1) is 33.5. The Morgan fingerprint density at radius 2 is 1.63 bits per heavy atom. The third kappa shape index (κ3) is 8.28. The van der Waals surface area contributed by atoms with Gasteiger partial charge in [0.25, 0.3) is 5.91 Å². The van der Waals surface area contributed by atoms with E-state index in [1.54, 1.807) is 25.2 Å². The minimum Gasteiger partial charge on any atom is -0.497 e. The Bertz CT molecular complexity index is 1610. The number of hydrogen-bond donors (Lipinski definition) is 0. The summed E-state index contributed by atoms with van der Waals surface area (Å²) in [5, 5.41) is 0.884. The molecule has 5 rings (SSSR count). The first-order chi connectivity index (χ1) is 22.0. The molecule has 3 aromatic rings. The molecule has 2 aliphatic rings. The second-order valence-electron chi connectivity index (χ2n) is 12.5. The Morgan fingerprint density at radius 1 is 0.935 bits per heavy atom. The van der Waals surface area contributed by atoms with E-state index < -0.39 is 11.7 Å². The van der Waals surface area contributed by atoms with Gasteiger partial charge in [-0.3, -0.25) is 4.79 Å². The molecule has 0 spiro atoms. The zero-order valence-corrected chi connectivity index (χ0v) is 28.4. The van der Waals surface area contributed by atoms with Crippen LogP contribution in [0, 0.1) is 0 Å². The number of halogens is 2. The van der Waals surface area contributed by atoms with Gasteiger partial charge in [0, 0.05) is 30.8 Å². The van der Waals surface area contributed by atoms with Crippen molar-refractivity contribution in [3.63, 3.8) is 0 Å². The van der Waals surface area contributed by atoms with E-state index in [-0.39, 0.29) is 18.5 Å². The number of hydrogen-bond acceptors (Lipinski definition) is 6. The highest BCUT2D eigenvalue weighted by Crippen LogP contribution is 2.37. The van der Waals surface area contributed by atoms with Crippen molar-refractivity contribution in [3.8, 4) is 17.2 Å². The number of benzene rings is 3. The standard InChI is InChI=1S/C36H40Cl2N2O6/c1-36(2,3)46-35(42)39-15-14-30(24-8-6-10-27(18-24)45-22-23-16-28(43-4)19-29(17-23)44-5)31(21-39)34(41)40(26-12-13-26)20-25-9-7-11-32(37)33(25)38/h6-11,16-19,26H,12-15,20-22H2,1-5H3. The lowest BCUT2D eigenvalue weighted by Gasteiger charge is -2.34. The molecule has 1 aliphatic carbocycles. The predicted molar refractivity (Wildman–Crippen MR) is 180 cm³/mol. The summed E-state index contributed by atoms with van der Waals surface area (Å²) in [6.07, 6.45) is 1.84. The van der Waals surface area contributed by atoms with E-state index in [0.29, 0.717) is 59.0 Å². The van der Waals surface area contributed by atoms with E-state index in [1.807, 2.05) is 80.3 Å². The van der Waals surface area contributed by atoms with Crippen LogP contribution < -0.4 is 14.2 Å². The second-order valence-corrected chi connectivity index (χ2v) is 13.3. The monoisotopic (exact) mass is 666 g/mol. The summed E-state index contributed by atoms with van der Waals surface area (Å²) in [5.74, 6) is 1.88. The summed E-state index contributed by atoms with van der Waals surface area (Å²) in [6, 6.07) is 18.9. The fourth-order valence-electron chi connectivity index (χ4n) is 5.43. The summed E-state index contributed by atoms with van der Waals surface area (Å²) in [7, 11) is 3.22. The van der Waals surface area contributed by atoms with Crippen molar-refractivity contribution in [2.45, 2.75) is 64.8 Å². The lowest BCUT2D eigenvalue weighted by molar-refractivity contribution is -0.128. The van der Waals surface area contributed by atoms with Crippen LogP contribution in [0.25, 0.3) is 5.57 Å². The van der Waals surface area contributed by atoms with E-state index >= 15 is 0 Å². The zero-order valence-electron chi connectivity index (χ0n) is 26.9. The summed E-state index contributed by atoms with van der Waals surface area (Å²) >= 11 is 12.9. The highest BCUT2D eigenvalue weighted by Gasteiger charge is 2.38. The van der Waals surface area contributed by atoms with Gasteiger partial charge in [0.15, 0.2) is 0 Å². The fraction of sp³-hybridized carbons (Fsp3) is 0.389. The highest BCUT2D eigenvalue weighted by atomic mass is 35.5. The van der Waals surface area contributed by atoms with Crippen LogP contribution in [-0.2, 0) is 22.7 Å². The molecule has 0 N–H and O–H groups in total. The van der Waals surface area contributed by atoms with Crippen molar-refractivity contribution in [1.82, 2.24) is 9.80 Å². The van der Waals surface area contributed by atoms with Crippen molar-refractivity contribution in [3.05, 3.63) is 93.0 Å². The van der Waals surface area contributed by atoms with E-state index in [1.165, 1.54) is 0 Å². The van der Waals surface area contributed by atoms with Crippen molar-refractivity contribution in [2.75, 3.05) is 27.3 Å². The summed E-state index contributed by atoms with van der Waals surface area (Å²) in [5.41, 5.74) is 3.30.